The molecule has 0 unspecified atom stereocenters. The van der Waals surface area contributed by atoms with Gasteiger partial charge in [0.05, 0.1) is 11.2 Å². The van der Waals surface area contributed by atoms with E-state index >= 15 is 0 Å². The van der Waals surface area contributed by atoms with Gasteiger partial charge in [0.25, 0.3) is 5.56 Å². The maximum absolute atomic E-state index is 13.1. The molecule has 128 valence electrons. The second-order valence-corrected chi connectivity index (χ2v) is 7.66. The van der Waals surface area contributed by atoms with Crippen LogP contribution in [0.4, 0.5) is 0 Å². The summed E-state index contributed by atoms with van der Waals surface area (Å²) in [6.07, 6.45) is 3.86. The Morgan fingerprint density at radius 2 is 1.81 bits per heavy atom. The van der Waals surface area contributed by atoms with Crippen molar-refractivity contribution >= 4 is 49.6 Å². The van der Waals surface area contributed by atoms with E-state index in [9.17, 15) is 4.79 Å². The van der Waals surface area contributed by atoms with Crippen molar-refractivity contribution in [1.82, 2.24) is 9.55 Å². The minimum absolute atomic E-state index is 0.0360. The van der Waals surface area contributed by atoms with Gasteiger partial charge in [0.1, 0.15) is 10.5 Å². The van der Waals surface area contributed by atoms with Crippen molar-refractivity contribution in [3.05, 3.63) is 91.8 Å². The van der Waals surface area contributed by atoms with Crippen LogP contribution in [0.2, 0.25) is 0 Å². The summed E-state index contributed by atoms with van der Waals surface area (Å²) in [6, 6.07) is 17.7. The summed E-state index contributed by atoms with van der Waals surface area (Å²) in [5.41, 5.74) is 3.61. The van der Waals surface area contributed by atoms with Crippen molar-refractivity contribution in [1.29, 1.82) is 0 Å². The SMILES string of the molecule is Cc1ccccc1-n1c(/C=C/c2ccccc2Br)nc2ccsc2c1=O. The van der Waals surface area contributed by atoms with Gasteiger partial charge in [-0.1, -0.05) is 58.4 Å². The zero-order chi connectivity index (χ0) is 18.1. The highest BCUT2D eigenvalue weighted by atomic mass is 79.9. The summed E-state index contributed by atoms with van der Waals surface area (Å²) in [4.78, 5) is 17.9. The van der Waals surface area contributed by atoms with Crippen LogP contribution in [-0.4, -0.2) is 9.55 Å². The molecule has 2 aromatic carbocycles. The predicted octanol–water partition coefficient (Wildman–Crippen LogP) is 5.69. The molecule has 2 heterocycles. The predicted molar refractivity (Wildman–Crippen MR) is 113 cm³/mol. The van der Waals surface area contributed by atoms with Crippen molar-refractivity contribution in [3.63, 3.8) is 0 Å². The molecule has 0 spiro atoms. The molecule has 26 heavy (non-hydrogen) atoms. The van der Waals surface area contributed by atoms with E-state index in [1.807, 2.05) is 79.1 Å². The summed E-state index contributed by atoms with van der Waals surface area (Å²) >= 11 is 4.98. The van der Waals surface area contributed by atoms with Gasteiger partial charge in [-0.3, -0.25) is 9.36 Å². The lowest BCUT2D eigenvalue weighted by Crippen LogP contribution is -2.22. The van der Waals surface area contributed by atoms with Crippen LogP contribution in [0.1, 0.15) is 17.0 Å². The van der Waals surface area contributed by atoms with Crippen LogP contribution in [0.3, 0.4) is 0 Å². The highest BCUT2D eigenvalue weighted by Gasteiger charge is 2.13. The molecule has 5 heteroatoms. The van der Waals surface area contributed by atoms with Gasteiger partial charge in [0, 0.05) is 4.47 Å². The number of fused-ring (bicyclic) bond motifs is 1. The Morgan fingerprint density at radius 3 is 2.62 bits per heavy atom. The maximum atomic E-state index is 13.1. The normalized spacial score (nSPS) is 11.5. The number of thiophene rings is 1. The summed E-state index contributed by atoms with van der Waals surface area (Å²) in [6.45, 7) is 2.00. The van der Waals surface area contributed by atoms with E-state index in [-0.39, 0.29) is 5.56 Å². The molecule has 0 saturated carbocycles. The summed E-state index contributed by atoms with van der Waals surface area (Å²) in [5, 5.41) is 1.91. The number of rotatable bonds is 3. The van der Waals surface area contributed by atoms with Crippen LogP contribution < -0.4 is 5.56 Å². The highest BCUT2D eigenvalue weighted by molar-refractivity contribution is 9.10. The van der Waals surface area contributed by atoms with E-state index < -0.39 is 0 Å². The first-order chi connectivity index (χ1) is 12.6. The summed E-state index contributed by atoms with van der Waals surface area (Å²) < 4.78 is 3.37. The first kappa shape index (κ1) is 16.9. The van der Waals surface area contributed by atoms with E-state index in [0.29, 0.717) is 10.5 Å². The number of aromatic nitrogens is 2. The lowest BCUT2D eigenvalue weighted by molar-refractivity contribution is 0.938. The molecule has 0 aliphatic heterocycles. The molecule has 4 aromatic rings. The van der Waals surface area contributed by atoms with Crippen LogP contribution in [-0.2, 0) is 0 Å². The molecule has 0 aliphatic carbocycles. The monoisotopic (exact) mass is 422 g/mol. The van der Waals surface area contributed by atoms with Crippen molar-refractivity contribution in [2.45, 2.75) is 6.92 Å². The molecular weight excluding hydrogens is 408 g/mol. The Labute approximate surface area is 163 Å². The third-order valence-electron chi connectivity index (χ3n) is 4.18. The molecule has 0 N–H and O–H groups in total. The Morgan fingerprint density at radius 1 is 1.04 bits per heavy atom. The van der Waals surface area contributed by atoms with Crippen LogP contribution >= 0.6 is 27.3 Å². The van der Waals surface area contributed by atoms with E-state index in [2.05, 4.69) is 15.9 Å². The van der Waals surface area contributed by atoms with E-state index in [1.165, 1.54) is 11.3 Å². The van der Waals surface area contributed by atoms with Crippen LogP contribution in [0.15, 0.2) is 69.2 Å². The highest BCUT2D eigenvalue weighted by Crippen LogP contribution is 2.22. The topological polar surface area (TPSA) is 34.9 Å². The average Bonchev–Trinajstić information content (AvgIpc) is 3.11. The third kappa shape index (κ3) is 3.04. The Hall–Kier alpha value is -2.50. The molecule has 4 rings (SSSR count). The van der Waals surface area contributed by atoms with Gasteiger partial charge in [-0.05, 0) is 47.7 Å². The molecule has 0 amide bonds. The van der Waals surface area contributed by atoms with Gasteiger partial charge in [-0.25, -0.2) is 4.98 Å². The smallest absolute Gasteiger partial charge is 0.267 e. The standard InChI is InChI=1S/C21H15BrN2OS/c1-14-6-2-5-9-18(14)24-19(11-10-15-7-3-4-8-16(15)22)23-17-12-13-26-20(17)21(24)25/h2-13H,1H3/b11-10+. The lowest BCUT2D eigenvalue weighted by atomic mass is 10.2. The number of hydrogen-bond acceptors (Lipinski definition) is 3. The van der Waals surface area contributed by atoms with Gasteiger partial charge in [-0.15, -0.1) is 11.3 Å². The maximum Gasteiger partial charge on any atom is 0.276 e. The van der Waals surface area contributed by atoms with E-state index in [0.717, 1.165) is 26.8 Å². The van der Waals surface area contributed by atoms with Gasteiger partial charge in [0.2, 0.25) is 0 Å². The third-order valence-corrected chi connectivity index (χ3v) is 5.79. The fourth-order valence-corrected chi connectivity index (χ4v) is 4.04. The zero-order valence-corrected chi connectivity index (χ0v) is 16.4. The fraction of sp³-hybridized carbons (Fsp3) is 0.0476. The minimum atomic E-state index is -0.0360. The van der Waals surface area contributed by atoms with E-state index in [4.69, 9.17) is 4.98 Å². The molecule has 0 aliphatic rings. The number of nitrogens with zero attached hydrogens (tertiary/aromatic N) is 2. The van der Waals surface area contributed by atoms with Crippen LogP contribution in [0, 0.1) is 6.92 Å². The molecule has 0 bridgehead atoms. The van der Waals surface area contributed by atoms with Crippen molar-refractivity contribution < 1.29 is 0 Å². The first-order valence-electron chi connectivity index (χ1n) is 8.14. The van der Waals surface area contributed by atoms with Crippen molar-refractivity contribution in [2.24, 2.45) is 0 Å². The Balaban J connectivity index is 1.96. The second-order valence-electron chi connectivity index (χ2n) is 5.89. The van der Waals surface area contributed by atoms with Crippen LogP contribution in [0.5, 0.6) is 0 Å². The van der Waals surface area contributed by atoms with E-state index in [1.54, 1.807) is 4.57 Å². The molecule has 0 saturated heterocycles. The molecule has 2 aromatic heterocycles. The molecule has 0 atom stereocenters. The van der Waals surface area contributed by atoms with Gasteiger partial charge >= 0.3 is 0 Å². The van der Waals surface area contributed by atoms with Crippen molar-refractivity contribution in [2.75, 3.05) is 0 Å². The Bertz CT molecular complexity index is 1190. The average molecular weight is 423 g/mol. The molecular formula is C21H15BrN2OS. The number of aryl methyl sites for hydroxylation is 1. The first-order valence-corrected chi connectivity index (χ1v) is 9.81. The minimum Gasteiger partial charge on any atom is -0.267 e. The molecule has 0 radical (unpaired) electrons. The second kappa shape index (κ2) is 7.02. The zero-order valence-electron chi connectivity index (χ0n) is 14.0. The largest absolute Gasteiger partial charge is 0.276 e. The quantitative estimate of drug-likeness (QED) is 0.425. The fourth-order valence-electron chi connectivity index (χ4n) is 2.86. The van der Waals surface area contributed by atoms with Gasteiger partial charge < -0.3 is 0 Å². The van der Waals surface area contributed by atoms with Gasteiger partial charge in [0.15, 0.2) is 0 Å². The van der Waals surface area contributed by atoms with Crippen LogP contribution in [0.25, 0.3) is 28.1 Å². The molecule has 0 fully saturated rings. The lowest BCUT2D eigenvalue weighted by Gasteiger charge is -2.12. The van der Waals surface area contributed by atoms with Crippen molar-refractivity contribution in [3.8, 4) is 5.69 Å². The molecule has 3 nitrogen and oxygen atoms in total. The summed E-state index contributed by atoms with van der Waals surface area (Å²) in [7, 11) is 0. The number of halogens is 1. The number of benzene rings is 2. The number of hydrogen-bond donors (Lipinski definition) is 0. The van der Waals surface area contributed by atoms with Gasteiger partial charge in [-0.2, -0.15) is 0 Å². The number of para-hydroxylation sites is 1. The summed E-state index contributed by atoms with van der Waals surface area (Å²) in [5.74, 6) is 0.617. The Kier molecular flexibility index (Phi) is 4.57.